The molecule has 86 valence electrons. The van der Waals surface area contributed by atoms with E-state index >= 15 is 0 Å². The van der Waals surface area contributed by atoms with Gasteiger partial charge in [-0.3, -0.25) is 9.59 Å². The van der Waals surface area contributed by atoms with E-state index in [0.717, 1.165) is 0 Å². The Balaban J connectivity index is 1.91. The van der Waals surface area contributed by atoms with E-state index in [-0.39, 0.29) is 31.0 Å². The van der Waals surface area contributed by atoms with Crippen LogP contribution in [0, 0.1) is 0 Å². The summed E-state index contributed by atoms with van der Waals surface area (Å²) in [7, 11) is 0. The quantitative estimate of drug-likeness (QED) is 0.389. The lowest BCUT2D eigenvalue weighted by molar-refractivity contribution is -0.144. The molecule has 0 saturated carbocycles. The van der Waals surface area contributed by atoms with Crippen LogP contribution >= 0.6 is 0 Å². The van der Waals surface area contributed by atoms with Crippen LogP contribution in [0.25, 0.3) is 0 Å². The fraction of sp³-hybridized carbons (Fsp3) is 0.800. The number of hydrogen-bond acceptors (Lipinski definition) is 4. The molecule has 1 aliphatic rings. The lowest BCUT2D eigenvalue weighted by Crippen LogP contribution is -2.10. The van der Waals surface area contributed by atoms with E-state index in [1.54, 1.807) is 0 Å². The van der Waals surface area contributed by atoms with Crippen LogP contribution in [0.15, 0.2) is 0 Å². The standard InChI is InChI=1S/C10H16O5/c1-7-8(15-7)6-14-10(13)5-3-2-4-9(11)12/h7-8H,2-6H2,1H3,(H,11,12). The Bertz CT molecular complexity index is 238. The van der Waals surface area contributed by atoms with Gasteiger partial charge in [0.1, 0.15) is 12.7 Å². The topological polar surface area (TPSA) is 76.1 Å². The van der Waals surface area contributed by atoms with Crippen LogP contribution in [0.3, 0.4) is 0 Å². The number of carbonyl (C=O) groups is 2. The minimum Gasteiger partial charge on any atom is -0.481 e. The molecule has 0 aromatic rings. The van der Waals surface area contributed by atoms with Crippen molar-refractivity contribution in [3.8, 4) is 0 Å². The molecule has 5 heteroatoms. The van der Waals surface area contributed by atoms with Crippen molar-refractivity contribution in [3.63, 3.8) is 0 Å². The van der Waals surface area contributed by atoms with Gasteiger partial charge < -0.3 is 14.6 Å². The van der Waals surface area contributed by atoms with Crippen LogP contribution in [0.4, 0.5) is 0 Å². The van der Waals surface area contributed by atoms with E-state index < -0.39 is 5.97 Å². The fourth-order valence-corrected chi connectivity index (χ4v) is 1.20. The van der Waals surface area contributed by atoms with Crippen LogP contribution in [0.5, 0.6) is 0 Å². The lowest BCUT2D eigenvalue weighted by atomic mass is 10.2. The highest BCUT2D eigenvalue weighted by molar-refractivity contribution is 5.69. The number of hydrogen-bond donors (Lipinski definition) is 1. The molecule has 0 aliphatic carbocycles. The molecule has 1 saturated heterocycles. The maximum Gasteiger partial charge on any atom is 0.305 e. The highest BCUT2D eigenvalue weighted by atomic mass is 16.6. The summed E-state index contributed by atoms with van der Waals surface area (Å²) in [5, 5.41) is 8.36. The zero-order chi connectivity index (χ0) is 11.3. The normalized spacial score (nSPS) is 23.5. The third kappa shape index (κ3) is 5.37. The van der Waals surface area contributed by atoms with Crippen molar-refractivity contribution < 1.29 is 24.2 Å². The number of carboxylic acids is 1. The van der Waals surface area contributed by atoms with Crippen LogP contribution in [0.2, 0.25) is 0 Å². The number of unbranched alkanes of at least 4 members (excludes halogenated alkanes) is 1. The molecule has 15 heavy (non-hydrogen) atoms. The van der Waals surface area contributed by atoms with Gasteiger partial charge in [0.05, 0.1) is 6.10 Å². The van der Waals surface area contributed by atoms with E-state index in [1.165, 1.54) is 0 Å². The molecule has 1 rings (SSSR count). The molecule has 5 nitrogen and oxygen atoms in total. The molecule has 0 radical (unpaired) electrons. The molecule has 0 aromatic carbocycles. The van der Waals surface area contributed by atoms with Crippen LogP contribution in [-0.4, -0.2) is 35.9 Å². The first-order valence-corrected chi connectivity index (χ1v) is 5.12. The van der Waals surface area contributed by atoms with Gasteiger partial charge >= 0.3 is 11.9 Å². The highest BCUT2D eigenvalue weighted by Gasteiger charge is 2.35. The van der Waals surface area contributed by atoms with Crippen molar-refractivity contribution in [2.24, 2.45) is 0 Å². The number of rotatable bonds is 7. The summed E-state index contributed by atoms with van der Waals surface area (Å²) >= 11 is 0. The van der Waals surface area contributed by atoms with E-state index in [4.69, 9.17) is 14.6 Å². The smallest absolute Gasteiger partial charge is 0.305 e. The molecular weight excluding hydrogens is 200 g/mol. The molecular formula is C10H16O5. The third-order valence-corrected chi connectivity index (χ3v) is 2.27. The van der Waals surface area contributed by atoms with Crippen LogP contribution in [0.1, 0.15) is 32.6 Å². The number of ether oxygens (including phenoxy) is 2. The van der Waals surface area contributed by atoms with E-state index in [9.17, 15) is 9.59 Å². The number of esters is 1. The number of aliphatic carboxylic acids is 1. The van der Waals surface area contributed by atoms with Gasteiger partial charge in [-0.05, 0) is 19.8 Å². The zero-order valence-electron chi connectivity index (χ0n) is 8.77. The summed E-state index contributed by atoms with van der Waals surface area (Å²) in [6.07, 6.45) is 1.73. The Morgan fingerprint density at radius 1 is 1.33 bits per heavy atom. The molecule has 2 atom stereocenters. The maximum absolute atomic E-state index is 11.1. The van der Waals surface area contributed by atoms with Gasteiger partial charge in [0, 0.05) is 12.8 Å². The summed E-state index contributed by atoms with van der Waals surface area (Å²) in [5.41, 5.74) is 0. The number of epoxide rings is 1. The number of carboxylic acid groups (broad SMARTS) is 1. The largest absolute Gasteiger partial charge is 0.481 e. The minimum absolute atomic E-state index is 0.0629. The summed E-state index contributed by atoms with van der Waals surface area (Å²) in [6.45, 7) is 2.24. The fourth-order valence-electron chi connectivity index (χ4n) is 1.20. The summed E-state index contributed by atoms with van der Waals surface area (Å²) in [4.78, 5) is 21.3. The van der Waals surface area contributed by atoms with Crippen molar-refractivity contribution in [2.45, 2.75) is 44.8 Å². The first-order valence-electron chi connectivity index (χ1n) is 5.12. The van der Waals surface area contributed by atoms with Crippen molar-refractivity contribution in [2.75, 3.05) is 6.61 Å². The Kier molecular flexibility index (Phi) is 4.55. The Morgan fingerprint density at radius 3 is 2.47 bits per heavy atom. The van der Waals surface area contributed by atoms with Gasteiger partial charge in [0.2, 0.25) is 0 Å². The maximum atomic E-state index is 11.1. The van der Waals surface area contributed by atoms with Gasteiger partial charge in [-0.25, -0.2) is 0 Å². The molecule has 1 aliphatic heterocycles. The first-order chi connectivity index (χ1) is 7.09. The van der Waals surface area contributed by atoms with Crippen molar-refractivity contribution in [1.29, 1.82) is 0 Å². The van der Waals surface area contributed by atoms with Crippen LogP contribution in [-0.2, 0) is 19.1 Å². The predicted molar refractivity (Wildman–Crippen MR) is 51.4 cm³/mol. The monoisotopic (exact) mass is 216 g/mol. The van der Waals surface area contributed by atoms with Gasteiger partial charge in [-0.1, -0.05) is 0 Å². The molecule has 0 aromatic heterocycles. The van der Waals surface area contributed by atoms with Gasteiger partial charge in [0.25, 0.3) is 0 Å². The average molecular weight is 216 g/mol. The van der Waals surface area contributed by atoms with Crippen molar-refractivity contribution in [1.82, 2.24) is 0 Å². The van der Waals surface area contributed by atoms with E-state index in [1.807, 2.05) is 6.92 Å². The first kappa shape index (κ1) is 12.0. The Labute approximate surface area is 88.4 Å². The van der Waals surface area contributed by atoms with E-state index in [0.29, 0.717) is 19.4 Å². The third-order valence-electron chi connectivity index (χ3n) is 2.27. The van der Waals surface area contributed by atoms with Crippen molar-refractivity contribution in [3.05, 3.63) is 0 Å². The second-order valence-corrected chi connectivity index (χ2v) is 3.66. The van der Waals surface area contributed by atoms with Gasteiger partial charge in [-0.15, -0.1) is 0 Å². The molecule has 0 bridgehead atoms. The van der Waals surface area contributed by atoms with Gasteiger partial charge in [0.15, 0.2) is 0 Å². The Hall–Kier alpha value is -1.10. The van der Waals surface area contributed by atoms with E-state index in [2.05, 4.69) is 0 Å². The number of carbonyl (C=O) groups excluding carboxylic acids is 1. The van der Waals surface area contributed by atoms with Crippen LogP contribution < -0.4 is 0 Å². The second kappa shape index (κ2) is 5.70. The molecule has 0 spiro atoms. The second-order valence-electron chi connectivity index (χ2n) is 3.66. The predicted octanol–water partition coefficient (Wildman–Crippen LogP) is 0.962. The average Bonchev–Trinajstić information content (AvgIpc) is 2.86. The van der Waals surface area contributed by atoms with Crippen molar-refractivity contribution >= 4 is 11.9 Å². The summed E-state index contributed by atoms with van der Waals surface area (Å²) in [5.74, 6) is -1.10. The lowest BCUT2D eigenvalue weighted by Gasteiger charge is -2.01. The van der Waals surface area contributed by atoms with Gasteiger partial charge in [-0.2, -0.15) is 0 Å². The molecule has 0 amide bonds. The Morgan fingerprint density at radius 2 is 1.93 bits per heavy atom. The summed E-state index contributed by atoms with van der Waals surface area (Å²) in [6, 6.07) is 0. The zero-order valence-corrected chi connectivity index (χ0v) is 8.77. The molecule has 1 heterocycles. The summed E-state index contributed by atoms with van der Waals surface area (Å²) < 4.78 is 10.0. The molecule has 2 unspecified atom stereocenters. The molecule has 1 fully saturated rings. The molecule has 1 N–H and O–H groups in total. The highest BCUT2D eigenvalue weighted by Crippen LogP contribution is 2.20. The SMILES string of the molecule is CC1OC1COC(=O)CCCCC(=O)O. The minimum atomic E-state index is -0.830.